The second-order valence-electron chi connectivity index (χ2n) is 8.52. The molecule has 2 fully saturated rings. The lowest BCUT2D eigenvalue weighted by Gasteiger charge is -2.44. The third kappa shape index (κ3) is 3.75. The van der Waals surface area contributed by atoms with Crippen LogP contribution in [0.5, 0.6) is 5.75 Å². The minimum absolute atomic E-state index is 0.231. The van der Waals surface area contributed by atoms with Gasteiger partial charge in [-0.3, -0.25) is 4.79 Å². The molecule has 154 valence electrons. The topological polar surface area (TPSA) is 69.5 Å². The molecule has 0 bridgehead atoms. The third-order valence-electron chi connectivity index (χ3n) is 6.68. The predicted molar refractivity (Wildman–Crippen MR) is 106 cm³/mol. The summed E-state index contributed by atoms with van der Waals surface area (Å²) in [6.07, 6.45) is 6.24. The van der Waals surface area contributed by atoms with Crippen molar-refractivity contribution >= 4 is 5.91 Å². The number of para-hydroxylation sites is 1. The van der Waals surface area contributed by atoms with Crippen LogP contribution in [0.25, 0.3) is 0 Å². The van der Waals surface area contributed by atoms with E-state index in [0.717, 1.165) is 55.9 Å². The van der Waals surface area contributed by atoms with Crippen LogP contribution in [0, 0.1) is 5.92 Å². The Bertz CT molecular complexity index is 852. The summed E-state index contributed by atoms with van der Waals surface area (Å²) in [7, 11) is 0. The van der Waals surface area contributed by atoms with Crippen LogP contribution in [0.2, 0.25) is 0 Å². The first-order chi connectivity index (χ1) is 14.2. The van der Waals surface area contributed by atoms with Gasteiger partial charge in [-0.05, 0) is 37.8 Å². The van der Waals surface area contributed by atoms with Gasteiger partial charge in [0, 0.05) is 19.0 Å². The highest BCUT2D eigenvalue weighted by molar-refractivity contribution is 5.79. The maximum Gasteiger partial charge on any atom is 0.225 e. The van der Waals surface area contributed by atoms with Crippen LogP contribution in [0.3, 0.4) is 0 Å². The number of hydrogen-bond donors (Lipinski definition) is 0. The van der Waals surface area contributed by atoms with Crippen LogP contribution in [0.15, 0.2) is 30.3 Å². The lowest BCUT2D eigenvalue weighted by Crippen LogP contribution is -2.52. The second kappa shape index (κ2) is 7.78. The number of aromatic nitrogens is 3. The van der Waals surface area contributed by atoms with Crippen LogP contribution >= 0.6 is 0 Å². The van der Waals surface area contributed by atoms with Crippen molar-refractivity contribution in [1.82, 2.24) is 19.9 Å². The number of carbonyl (C=O) groups excluding carboxylic acids is 1. The maximum atomic E-state index is 12.7. The zero-order valence-corrected chi connectivity index (χ0v) is 16.8. The van der Waals surface area contributed by atoms with Crippen LogP contribution in [-0.4, -0.2) is 44.5 Å². The van der Waals surface area contributed by atoms with Gasteiger partial charge in [0.1, 0.15) is 18.1 Å². The molecule has 2 aliphatic heterocycles. The molecule has 0 N–H and O–H groups in total. The third-order valence-corrected chi connectivity index (χ3v) is 6.68. The smallest absolute Gasteiger partial charge is 0.225 e. The molecular formula is C22H28N4O3. The first-order valence-corrected chi connectivity index (χ1v) is 10.7. The van der Waals surface area contributed by atoms with Gasteiger partial charge >= 0.3 is 0 Å². The number of nitrogens with zero attached hydrogens (tertiary/aromatic N) is 4. The number of likely N-dealkylation sites (tertiary alicyclic amines) is 1. The van der Waals surface area contributed by atoms with E-state index in [9.17, 15) is 4.79 Å². The Morgan fingerprint density at radius 1 is 1.17 bits per heavy atom. The van der Waals surface area contributed by atoms with E-state index in [-0.39, 0.29) is 11.5 Å². The number of carbonyl (C=O) groups is 1. The Morgan fingerprint density at radius 3 is 2.69 bits per heavy atom. The molecule has 1 saturated carbocycles. The molecule has 0 radical (unpaired) electrons. The van der Waals surface area contributed by atoms with Crippen molar-refractivity contribution in [2.24, 2.45) is 5.92 Å². The lowest BCUT2D eigenvalue weighted by molar-refractivity contribution is -0.149. The van der Waals surface area contributed by atoms with E-state index in [1.807, 2.05) is 35.0 Å². The van der Waals surface area contributed by atoms with Gasteiger partial charge in [-0.2, -0.15) is 0 Å². The predicted octanol–water partition coefficient (Wildman–Crippen LogP) is 2.94. The number of amides is 1. The molecule has 1 aromatic carbocycles. The molecule has 7 heteroatoms. The minimum atomic E-state index is -0.231. The van der Waals surface area contributed by atoms with Crippen LogP contribution in [0.4, 0.5) is 0 Å². The van der Waals surface area contributed by atoms with Gasteiger partial charge in [0.15, 0.2) is 0 Å². The first kappa shape index (κ1) is 18.6. The van der Waals surface area contributed by atoms with E-state index in [1.165, 1.54) is 12.8 Å². The highest BCUT2D eigenvalue weighted by atomic mass is 16.5. The highest BCUT2D eigenvalue weighted by Crippen LogP contribution is 2.35. The van der Waals surface area contributed by atoms with Gasteiger partial charge in [0.2, 0.25) is 5.91 Å². The van der Waals surface area contributed by atoms with Gasteiger partial charge in [-0.1, -0.05) is 36.3 Å². The zero-order chi connectivity index (χ0) is 19.7. The number of piperidine rings is 1. The van der Waals surface area contributed by atoms with E-state index in [1.54, 1.807) is 0 Å². The summed E-state index contributed by atoms with van der Waals surface area (Å²) in [5, 5.41) is 8.69. The molecule has 3 aliphatic rings. The molecule has 7 nitrogen and oxygen atoms in total. The van der Waals surface area contributed by atoms with Crippen molar-refractivity contribution in [2.45, 2.75) is 63.9 Å². The average Bonchev–Trinajstić information content (AvgIpc) is 3.43. The van der Waals surface area contributed by atoms with Crippen LogP contribution in [0.1, 0.15) is 49.9 Å². The molecule has 5 rings (SSSR count). The molecule has 1 aromatic heterocycles. The van der Waals surface area contributed by atoms with Crippen molar-refractivity contribution in [3.8, 4) is 5.75 Å². The summed E-state index contributed by atoms with van der Waals surface area (Å²) in [5.41, 5.74) is 1.60. The summed E-state index contributed by atoms with van der Waals surface area (Å²) < 4.78 is 14.1. The molecule has 0 atom stereocenters. The van der Waals surface area contributed by atoms with E-state index < -0.39 is 0 Å². The molecule has 1 saturated heterocycles. The fourth-order valence-corrected chi connectivity index (χ4v) is 4.84. The molecular weight excluding hydrogens is 368 g/mol. The van der Waals surface area contributed by atoms with Gasteiger partial charge in [0.25, 0.3) is 0 Å². The molecule has 1 aliphatic carbocycles. The summed E-state index contributed by atoms with van der Waals surface area (Å²) in [4.78, 5) is 14.8. The average molecular weight is 396 g/mol. The van der Waals surface area contributed by atoms with Gasteiger partial charge < -0.3 is 14.4 Å². The van der Waals surface area contributed by atoms with Gasteiger partial charge in [0.05, 0.1) is 24.4 Å². The molecule has 2 aromatic rings. The fraction of sp³-hybridized carbons (Fsp3) is 0.591. The van der Waals surface area contributed by atoms with Crippen molar-refractivity contribution in [3.63, 3.8) is 0 Å². The van der Waals surface area contributed by atoms with Crippen molar-refractivity contribution < 1.29 is 14.3 Å². The Morgan fingerprint density at radius 2 is 1.93 bits per heavy atom. The number of rotatable bonds is 4. The van der Waals surface area contributed by atoms with Crippen molar-refractivity contribution in [2.75, 3.05) is 13.1 Å². The number of benzene rings is 1. The maximum absolute atomic E-state index is 12.7. The summed E-state index contributed by atoms with van der Waals surface area (Å²) in [6.45, 7) is 3.15. The van der Waals surface area contributed by atoms with Gasteiger partial charge in [-0.25, -0.2) is 4.68 Å². The van der Waals surface area contributed by atoms with Crippen LogP contribution in [-0.2, 0) is 29.3 Å². The van der Waals surface area contributed by atoms with E-state index in [0.29, 0.717) is 25.7 Å². The highest BCUT2D eigenvalue weighted by Gasteiger charge is 2.42. The lowest BCUT2D eigenvalue weighted by atomic mass is 9.89. The van der Waals surface area contributed by atoms with E-state index >= 15 is 0 Å². The molecule has 3 heterocycles. The molecule has 1 amide bonds. The summed E-state index contributed by atoms with van der Waals surface area (Å²) in [5.74, 6) is 1.43. The van der Waals surface area contributed by atoms with E-state index in [2.05, 4.69) is 15.2 Å². The summed E-state index contributed by atoms with van der Waals surface area (Å²) in [6, 6.07) is 9.73. The number of hydrogen-bond acceptors (Lipinski definition) is 5. The van der Waals surface area contributed by atoms with Crippen LogP contribution < -0.4 is 4.74 Å². The van der Waals surface area contributed by atoms with Gasteiger partial charge in [-0.15, -0.1) is 5.10 Å². The second-order valence-corrected chi connectivity index (χ2v) is 8.52. The Hall–Kier alpha value is -2.41. The van der Waals surface area contributed by atoms with E-state index in [4.69, 9.17) is 9.47 Å². The fourth-order valence-electron chi connectivity index (χ4n) is 4.84. The zero-order valence-electron chi connectivity index (χ0n) is 16.8. The largest absolute Gasteiger partial charge is 0.487 e. The quantitative estimate of drug-likeness (QED) is 0.795. The minimum Gasteiger partial charge on any atom is -0.487 e. The summed E-state index contributed by atoms with van der Waals surface area (Å²) >= 11 is 0. The Kier molecular flexibility index (Phi) is 4.99. The standard InChI is InChI=1S/C22H28N4O3/c27-21(17-6-4-5-7-17)25-12-10-22(11-13-25)16-26-20(15-29-22)19(23-24-26)14-28-18-8-2-1-3-9-18/h1-3,8-9,17H,4-7,10-16H2. The normalized spacial score (nSPS) is 21.3. The Balaban J connectivity index is 1.19. The molecule has 1 spiro atoms. The number of ether oxygens (including phenoxy) is 2. The molecule has 29 heavy (non-hydrogen) atoms. The SMILES string of the molecule is O=C(C1CCCC1)N1CCC2(CC1)Cn1nnc(COc3ccccc3)c1CO2. The number of fused-ring (bicyclic) bond motifs is 1. The first-order valence-electron chi connectivity index (χ1n) is 10.7. The Labute approximate surface area is 171 Å². The van der Waals surface area contributed by atoms with Crippen molar-refractivity contribution in [3.05, 3.63) is 41.7 Å². The molecule has 0 unspecified atom stereocenters. The van der Waals surface area contributed by atoms with Crippen molar-refractivity contribution in [1.29, 1.82) is 0 Å². The monoisotopic (exact) mass is 396 g/mol.